The summed E-state index contributed by atoms with van der Waals surface area (Å²) in [5.41, 5.74) is 1.50. The molecule has 0 aliphatic rings. The minimum atomic E-state index is -0.200. The van der Waals surface area contributed by atoms with Gasteiger partial charge in [0, 0.05) is 31.0 Å². The molecule has 0 saturated carbocycles. The molecule has 0 saturated heterocycles. The van der Waals surface area contributed by atoms with Crippen molar-refractivity contribution >= 4 is 55.5 Å². The van der Waals surface area contributed by atoms with E-state index in [-0.39, 0.29) is 16.7 Å². The van der Waals surface area contributed by atoms with Gasteiger partial charge in [-0.05, 0) is 23.8 Å². The fourth-order valence-corrected chi connectivity index (χ4v) is 4.34. The number of benzene rings is 2. The molecule has 2 aromatic carbocycles. The number of nitrogens with one attached hydrogen (secondary N) is 1. The predicted octanol–water partition coefficient (Wildman–Crippen LogP) is 4.91. The number of nitrogens with zero attached hydrogens (tertiary/aromatic N) is 1. The molecular formula is C18H16Cl2N2O2S. The van der Waals surface area contributed by atoms with Crippen LogP contribution in [0.15, 0.2) is 36.4 Å². The third-order valence-electron chi connectivity index (χ3n) is 3.92. The largest absolute Gasteiger partial charge is 0.506 e. The van der Waals surface area contributed by atoms with Crippen LogP contribution in [0.2, 0.25) is 10.0 Å². The maximum atomic E-state index is 12.5. The van der Waals surface area contributed by atoms with Crippen molar-refractivity contribution in [3.8, 4) is 5.75 Å². The van der Waals surface area contributed by atoms with Crippen molar-refractivity contribution in [3.05, 3.63) is 57.6 Å². The molecule has 0 atom stereocenters. The lowest BCUT2D eigenvalue weighted by Crippen LogP contribution is -2.23. The minimum absolute atomic E-state index is 0.000759. The summed E-state index contributed by atoms with van der Waals surface area (Å²) >= 11 is 13.9. The highest BCUT2D eigenvalue weighted by molar-refractivity contribution is 7.24. The monoisotopic (exact) mass is 394 g/mol. The fraction of sp³-hybridized carbons (Fsp3) is 0.167. The molecule has 0 bridgehead atoms. The van der Waals surface area contributed by atoms with Crippen molar-refractivity contribution in [3.63, 3.8) is 0 Å². The summed E-state index contributed by atoms with van der Waals surface area (Å²) in [5.74, 6) is -0.201. The second kappa shape index (κ2) is 7.12. The van der Waals surface area contributed by atoms with Gasteiger partial charge in [-0.15, -0.1) is 11.3 Å². The summed E-state index contributed by atoms with van der Waals surface area (Å²) in [7, 11) is 3.49. The fourth-order valence-electron chi connectivity index (χ4n) is 2.67. The molecule has 3 aromatic rings. The van der Waals surface area contributed by atoms with Crippen LogP contribution in [0.5, 0.6) is 5.75 Å². The zero-order valence-electron chi connectivity index (χ0n) is 13.6. The number of carbonyl (C=O) groups excluding carboxylic acids is 1. The number of anilines is 1. The Kier molecular flexibility index (Phi) is 5.08. The standard InChI is InChI=1S/C18H16Cl2N2O2S/c1-21-17(24)14-11-7-8-13(23)15(20)16(11)25-18(14)22(2)9-10-5-3-4-6-12(10)19/h3-8,23H,9H2,1-2H3,(H,21,24). The smallest absolute Gasteiger partial charge is 0.254 e. The van der Waals surface area contributed by atoms with E-state index in [2.05, 4.69) is 5.32 Å². The zero-order valence-corrected chi connectivity index (χ0v) is 16.0. The second-order valence-electron chi connectivity index (χ2n) is 5.58. The topological polar surface area (TPSA) is 52.6 Å². The number of hydrogen-bond acceptors (Lipinski definition) is 4. The molecule has 7 heteroatoms. The third-order valence-corrected chi connectivity index (χ3v) is 6.13. The highest BCUT2D eigenvalue weighted by Gasteiger charge is 2.23. The highest BCUT2D eigenvalue weighted by atomic mass is 35.5. The molecule has 25 heavy (non-hydrogen) atoms. The molecule has 3 rings (SSSR count). The van der Waals surface area contributed by atoms with Gasteiger partial charge in [0.1, 0.15) is 15.8 Å². The van der Waals surface area contributed by atoms with Crippen LogP contribution < -0.4 is 10.2 Å². The van der Waals surface area contributed by atoms with E-state index >= 15 is 0 Å². The van der Waals surface area contributed by atoms with Crippen molar-refractivity contribution in [2.45, 2.75) is 6.54 Å². The number of aromatic hydroxyl groups is 1. The van der Waals surface area contributed by atoms with Gasteiger partial charge in [0.2, 0.25) is 0 Å². The van der Waals surface area contributed by atoms with Crippen LogP contribution in [-0.4, -0.2) is 25.1 Å². The molecule has 130 valence electrons. The SMILES string of the molecule is CNC(=O)c1c(N(C)Cc2ccccc2Cl)sc2c(Cl)c(O)ccc12. The van der Waals surface area contributed by atoms with Gasteiger partial charge in [-0.25, -0.2) is 0 Å². The number of halogens is 2. The first-order valence-electron chi connectivity index (χ1n) is 7.54. The Morgan fingerprint density at radius 3 is 2.64 bits per heavy atom. The summed E-state index contributed by atoms with van der Waals surface area (Å²) in [6.07, 6.45) is 0. The highest BCUT2D eigenvalue weighted by Crippen LogP contribution is 2.44. The van der Waals surface area contributed by atoms with E-state index in [9.17, 15) is 9.90 Å². The number of hydrogen-bond donors (Lipinski definition) is 2. The molecule has 0 aliphatic carbocycles. The van der Waals surface area contributed by atoms with E-state index in [1.807, 2.05) is 36.2 Å². The number of thiophene rings is 1. The van der Waals surface area contributed by atoms with Crippen molar-refractivity contribution in [1.29, 1.82) is 0 Å². The summed E-state index contributed by atoms with van der Waals surface area (Å²) in [6, 6.07) is 10.8. The van der Waals surface area contributed by atoms with Crippen LogP contribution in [0.3, 0.4) is 0 Å². The molecular weight excluding hydrogens is 379 g/mol. The van der Waals surface area contributed by atoms with E-state index < -0.39 is 0 Å². The van der Waals surface area contributed by atoms with E-state index in [1.54, 1.807) is 13.1 Å². The summed E-state index contributed by atoms with van der Waals surface area (Å²) in [6.45, 7) is 0.542. The Morgan fingerprint density at radius 2 is 1.96 bits per heavy atom. The van der Waals surface area contributed by atoms with E-state index in [0.29, 0.717) is 27.2 Å². The molecule has 1 heterocycles. The van der Waals surface area contributed by atoms with Gasteiger partial charge in [0.15, 0.2) is 0 Å². The Hall–Kier alpha value is -1.95. The lowest BCUT2D eigenvalue weighted by molar-refractivity contribution is 0.0965. The first-order chi connectivity index (χ1) is 11.9. The van der Waals surface area contributed by atoms with Crippen LogP contribution in [0.4, 0.5) is 5.00 Å². The minimum Gasteiger partial charge on any atom is -0.506 e. The van der Waals surface area contributed by atoms with Gasteiger partial charge in [0.25, 0.3) is 5.91 Å². The average Bonchev–Trinajstić information content (AvgIpc) is 3.00. The second-order valence-corrected chi connectivity index (χ2v) is 7.37. The Morgan fingerprint density at radius 1 is 1.24 bits per heavy atom. The summed E-state index contributed by atoms with van der Waals surface area (Å²) < 4.78 is 0.682. The number of fused-ring (bicyclic) bond motifs is 1. The van der Waals surface area contributed by atoms with Gasteiger partial charge in [0.05, 0.1) is 10.3 Å². The molecule has 1 aromatic heterocycles. The number of phenolic OH excluding ortho intramolecular Hbond substituents is 1. The number of phenols is 1. The molecule has 0 spiro atoms. The van der Waals surface area contributed by atoms with Crippen LogP contribution in [0.1, 0.15) is 15.9 Å². The number of rotatable bonds is 4. The van der Waals surface area contributed by atoms with Gasteiger partial charge in [-0.1, -0.05) is 41.4 Å². The zero-order chi connectivity index (χ0) is 18.1. The molecule has 2 N–H and O–H groups in total. The first kappa shape index (κ1) is 17.9. The molecule has 0 unspecified atom stereocenters. The summed E-state index contributed by atoms with van der Waals surface area (Å²) in [5, 5.41) is 14.9. The normalized spacial score (nSPS) is 10.9. The van der Waals surface area contributed by atoms with Gasteiger partial charge >= 0.3 is 0 Å². The maximum absolute atomic E-state index is 12.5. The third kappa shape index (κ3) is 3.27. The maximum Gasteiger partial charge on any atom is 0.254 e. The molecule has 1 amide bonds. The number of amides is 1. The number of carbonyl (C=O) groups is 1. The summed E-state index contributed by atoms with van der Waals surface area (Å²) in [4.78, 5) is 14.4. The average molecular weight is 395 g/mol. The molecule has 0 fully saturated rings. The Labute approximate surface area is 159 Å². The van der Waals surface area contributed by atoms with Crippen molar-refractivity contribution in [1.82, 2.24) is 5.32 Å². The van der Waals surface area contributed by atoms with Crippen LogP contribution in [0, 0.1) is 0 Å². The quantitative estimate of drug-likeness (QED) is 0.660. The van der Waals surface area contributed by atoms with Gasteiger partial charge in [-0.2, -0.15) is 0 Å². The van der Waals surface area contributed by atoms with Gasteiger partial charge < -0.3 is 15.3 Å². The Balaban J connectivity index is 2.12. The predicted molar refractivity (Wildman–Crippen MR) is 105 cm³/mol. The molecule has 0 radical (unpaired) electrons. The lowest BCUT2D eigenvalue weighted by Gasteiger charge is -2.19. The Bertz CT molecular complexity index is 956. The van der Waals surface area contributed by atoms with E-state index in [0.717, 1.165) is 10.6 Å². The molecule has 4 nitrogen and oxygen atoms in total. The molecule has 0 aliphatic heterocycles. The first-order valence-corrected chi connectivity index (χ1v) is 9.12. The van der Waals surface area contributed by atoms with Gasteiger partial charge in [-0.3, -0.25) is 4.79 Å². The van der Waals surface area contributed by atoms with E-state index in [1.165, 1.54) is 17.4 Å². The lowest BCUT2D eigenvalue weighted by atomic mass is 10.1. The van der Waals surface area contributed by atoms with Crippen molar-refractivity contribution in [2.75, 3.05) is 19.0 Å². The van der Waals surface area contributed by atoms with Crippen LogP contribution in [0.25, 0.3) is 10.1 Å². The van der Waals surface area contributed by atoms with Crippen molar-refractivity contribution in [2.24, 2.45) is 0 Å². The van der Waals surface area contributed by atoms with Crippen LogP contribution >= 0.6 is 34.5 Å². The van der Waals surface area contributed by atoms with Crippen molar-refractivity contribution < 1.29 is 9.90 Å². The van der Waals surface area contributed by atoms with Crippen LogP contribution in [-0.2, 0) is 6.54 Å². The van der Waals surface area contributed by atoms with E-state index in [4.69, 9.17) is 23.2 Å².